The standard InChI is InChI=1S/C13H16BrN3O3/c1-4-16-6-8(14)5-9(16)11(19)17-7-10(18)15-12(20)13(17,2)3/h5-6H,4,7H2,1-3H3,(H,15,18,20). The van der Waals surface area contributed by atoms with E-state index in [2.05, 4.69) is 21.2 Å². The topological polar surface area (TPSA) is 71.4 Å². The van der Waals surface area contributed by atoms with Gasteiger partial charge in [0.2, 0.25) is 5.91 Å². The van der Waals surface area contributed by atoms with Crippen LogP contribution in [0.4, 0.5) is 0 Å². The molecule has 2 heterocycles. The zero-order valence-electron chi connectivity index (χ0n) is 11.6. The van der Waals surface area contributed by atoms with Gasteiger partial charge in [0.1, 0.15) is 17.8 Å². The SMILES string of the molecule is CCn1cc(Br)cc1C(=O)N1CC(=O)NC(=O)C1(C)C. The van der Waals surface area contributed by atoms with Gasteiger partial charge >= 0.3 is 0 Å². The van der Waals surface area contributed by atoms with Gasteiger partial charge in [-0.15, -0.1) is 0 Å². The molecule has 108 valence electrons. The van der Waals surface area contributed by atoms with Gasteiger partial charge in [0.05, 0.1) is 0 Å². The van der Waals surface area contributed by atoms with Gasteiger partial charge in [-0.2, -0.15) is 0 Å². The van der Waals surface area contributed by atoms with Crippen molar-refractivity contribution < 1.29 is 14.4 Å². The van der Waals surface area contributed by atoms with Gasteiger partial charge in [0.15, 0.2) is 0 Å². The highest BCUT2D eigenvalue weighted by Crippen LogP contribution is 2.23. The lowest BCUT2D eigenvalue weighted by molar-refractivity contribution is -0.143. The maximum absolute atomic E-state index is 12.7. The van der Waals surface area contributed by atoms with E-state index in [-0.39, 0.29) is 12.5 Å². The molecule has 7 heteroatoms. The molecule has 0 saturated carbocycles. The number of carbonyl (C=O) groups is 3. The number of hydrogen-bond donors (Lipinski definition) is 1. The molecule has 1 aliphatic heterocycles. The quantitative estimate of drug-likeness (QED) is 0.820. The Balaban J connectivity index is 2.40. The molecule has 0 aromatic carbocycles. The van der Waals surface area contributed by atoms with E-state index >= 15 is 0 Å². The second-order valence-electron chi connectivity index (χ2n) is 5.16. The number of imide groups is 1. The first-order valence-corrected chi connectivity index (χ1v) is 7.08. The van der Waals surface area contributed by atoms with Gasteiger partial charge in [-0.3, -0.25) is 19.7 Å². The molecule has 2 rings (SSSR count). The molecule has 1 aliphatic rings. The first-order valence-electron chi connectivity index (χ1n) is 6.29. The van der Waals surface area contributed by atoms with Gasteiger partial charge < -0.3 is 9.47 Å². The van der Waals surface area contributed by atoms with Crippen LogP contribution < -0.4 is 5.32 Å². The average Bonchev–Trinajstić information content (AvgIpc) is 2.74. The Hall–Kier alpha value is -1.63. The van der Waals surface area contributed by atoms with Gasteiger partial charge in [-0.05, 0) is 42.8 Å². The average molecular weight is 342 g/mol. The summed E-state index contributed by atoms with van der Waals surface area (Å²) >= 11 is 3.33. The van der Waals surface area contributed by atoms with E-state index in [1.807, 2.05) is 6.92 Å². The Morgan fingerprint density at radius 2 is 2.10 bits per heavy atom. The molecule has 1 aromatic rings. The lowest BCUT2D eigenvalue weighted by Gasteiger charge is -2.40. The lowest BCUT2D eigenvalue weighted by atomic mass is 9.98. The number of amides is 3. The van der Waals surface area contributed by atoms with E-state index < -0.39 is 17.4 Å². The maximum atomic E-state index is 12.7. The van der Waals surface area contributed by atoms with Crippen LogP contribution in [0.2, 0.25) is 0 Å². The second kappa shape index (κ2) is 5.05. The molecule has 1 N–H and O–H groups in total. The number of carbonyl (C=O) groups excluding carboxylic acids is 3. The number of aromatic nitrogens is 1. The van der Waals surface area contributed by atoms with E-state index in [1.165, 1.54) is 4.90 Å². The number of halogens is 1. The molecule has 0 unspecified atom stereocenters. The molecule has 6 nitrogen and oxygen atoms in total. The Labute approximate surface area is 125 Å². The van der Waals surface area contributed by atoms with Crippen LogP contribution in [0, 0.1) is 0 Å². The zero-order chi connectivity index (χ0) is 15.1. The van der Waals surface area contributed by atoms with E-state index in [1.54, 1.807) is 30.7 Å². The van der Waals surface area contributed by atoms with E-state index in [4.69, 9.17) is 0 Å². The monoisotopic (exact) mass is 341 g/mol. The highest BCUT2D eigenvalue weighted by molar-refractivity contribution is 9.10. The number of rotatable bonds is 2. The fourth-order valence-electron chi connectivity index (χ4n) is 2.16. The third kappa shape index (κ3) is 2.37. The Morgan fingerprint density at radius 1 is 1.45 bits per heavy atom. The van der Waals surface area contributed by atoms with Gasteiger partial charge in [0, 0.05) is 17.2 Å². The lowest BCUT2D eigenvalue weighted by Crippen LogP contribution is -2.65. The minimum absolute atomic E-state index is 0.121. The summed E-state index contributed by atoms with van der Waals surface area (Å²) in [5.41, 5.74) is -0.602. The summed E-state index contributed by atoms with van der Waals surface area (Å²) in [5.74, 6) is -1.25. The zero-order valence-corrected chi connectivity index (χ0v) is 13.2. The van der Waals surface area contributed by atoms with Crippen molar-refractivity contribution in [3.63, 3.8) is 0 Å². The third-order valence-electron chi connectivity index (χ3n) is 3.45. The molecule has 1 saturated heterocycles. The highest BCUT2D eigenvalue weighted by atomic mass is 79.9. The predicted molar refractivity (Wildman–Crippen MR) is 76.1 cm³/mol. The van der Waals surface area contributed by atoms with Crippen LogP contribution in [0.3, 0.4) is 0 Å². The largest absolute Gasteiger partial charge is 0.343 e. The minimum Gasteiger partial charge on any atom is -0.343 e. The van der Waals surface area contributed by atoms with Gasteiger partial charge in [-0.1, -0.05) is 0 Å². The molecule has 0 bridgehead atoms. The Kier molecular flexibility index (Phi) is 3.73. The van der Waals surface area contributed by atoms with Crippen molar-refractivity contribution in [2.45, 2.75) is 32.9 Å². The summed E-state index contributed by atoms with van der Waals surface area (Å²) in [5, 5.41) is 2.25. The summed E-state index contributed by atoms with van der Waals surface area (Å²) in [6.07, 6.45) is 1.80. The van der Waals surface area contributed by atoms with Crippen molar-refractivity contribution in [3.8, 4) is 0 Å². The van der Waals surface area contributed by atoms with Crippen LogP contribution in [-0.2, 0) is 16.1 Å². The molecule has 0 spiro atoms. The molecule has 20 heavy (non-hydrogen) atoms. The molecule has 1 fully saturated rings. The van der Waals surface area contributed by atoms with Crippen LogP contribution in [0.1, 0.15) is 31.3 Å². The van der Waals surface area contributed by atoms with Crippen LogP contribution in [0.5, 0.6) is 0 Å². The van der Waals surface area contributed by atoms with Crippen LogP contribution in [-0.4, -0.2) is 39.3 Å². The first kappa shape index (κ1) is 14.8. The highest BCUT2D eigenvalue weighted by Gasteiger charge is 2.44. The molecule has 0 aliphatic carbocycles. The number of aryl methyl sites for hydroxylation is 1. The van der Waals surface area contributed by atoms with E-state index in [9.17, 15) is 14.4 Å². The Morgan fingerprint density at radius 3 is 2.70 bits per heavy atom. The summed E-state index contributed by atoms with van der Waals surface area (Å²) in [6, 6.07) is 1.69. The van der Waals surface area contributed by atoms with Crippen molar-refractivity contribution >= 4 is 33.7 Å². The van der Waals surface area contributed by atoms with Crippen LogP contribution >= 0.6 is 15.9 Å². The minimum atomic E-state index is -1.06. The van der Waals surface area contributed by atoms with Crippen LogP contribution in [0.15, 0.2) is 16.7 Å². The normalized spacial score (nSPS) is 18.1. The van der Waals surface area contributed by atoms with Crippen LogP contribution in [0.25, 0.3) is 0 Å². The van der Waals surface area contributed by atoms with Crippen molar-refractivity contribution in [1.82, 2.24) is 14.8 Å². The Bertz CT molecular complexity index is 592. The molecule has 3 amide bonds. The van der Waals surface area contributed by atoms with Crippen molar-refractivity contribution in [3.05, 3.63) is 22.4 Å². The van der Waals surface area contributed by atoms with Crippen molar-refractivity contribution in [2.75, 3.05) is 6.54 Å². The fraction of sp³-hybridized carbons (Fsp3) is 0.462. The fourth-order valence-corrected chi connectivity index (χ4v) is 2.63. The van der Waals surface area contributed by atoms with Crippen molar-refractivity contribution in [1.29, 1.82) is 0 Å². The molecule has 1 aromatic heterocycles. The number of nitrogens with zero attached hydrogens (tertiary/aromatic N) is 2. The maximum Gasteiger partial charge on any atom is 0.271 e. The number of hydrogen-bond acceptors (Lipinski definition) is 3. The molecule has 0 radical (unpaired) electrons. The number of nitrogens with one attached hydrogen (secondary N) is 1. The smallest absolute Gasteiger partial charge is 0.271 e. The van der Waals surface area contributed by atoms with Gasteiger partial charge in [-0.25, -0.2) is 0 Å². The summed E-state index contributed by atoms with van der Waals surface area (Å²) < 4.78 is 2.56. The predicted octanol–water partition coefficient (Wildman–Crippen LogP) is 1.15. The van der Waals surface area contributed by atoms with Gasteiger partial charge in [0.25, 0.3) is 11.8 Å². The summed E-state index contributed by atoms with van der Waals surface area (Å²) in [4.78, 5) is 37.4. The first-order chi connectivity index (χ1) is 9.27. The molecule has 0 atom stereocenters. The summed E-state index contributed by atoms with van der Waals surface area (Å²) in [7, 11) is 0. The van der Waals surface area contributed by atoms with Crippen molar-refractivity contribution in [2.24, 2.45) is 0 Å². The number of piperazine rings is 1. The summed E-state index contributed by atoms with van der Waals surface area (Å²) in [6.45, 7) is 5.68. The molecular weight excluding hydrogens is 326 g/mol. The second-order valence-corrected chi connectivity index (χ2v) is 6.07. The third-order valence-corrected chi connectivity index (χ3v) is 3.89. The molecular formula is C13H16BrN3O3. The van der Waals surface area contributed by atoms with E-state index in [0.717, 1.165) is 4.47 Å². The van der Waals surface area contributed by atoms with E-state index in [0.29, 0.717) is 12.2 Å².